The summed E-state index contributed by atoms with van der Waals surface area (Å²) in [6.07, 6.45) is 2.78. The van der Waals surface area contributed by atoms with E-state index in [1.165, 1.54) is 11.3 Å². The van der Waals surface area contributed by atoms with Gasteiger partial charge in [0.15, 0.2) is 0 Å². The maximum Gasteiger partial charge on any atom is 0.134 e. The van der Waals surface area contributed by atoms with Crippen LogP contribution in [0.3, 0.4) is 0 Å². The highest BCUT2D eigenvalue weighted by molar-refractivity contribution is 5.41. The van der Waals surface area contributed by atoms with Crippen molar-refractivity contribution < 1.29 is 0 Å². The molecule has 2 rings (SSSR count). The van der Waals surface area contributed by atoms with Crippen LogP contribution in [0.4, 0.5) is 0 Å². The predicted molar refractivity (Wildman–Crippen MR) is 55.5 cm³/mol. The summed E-state index contributed by atoms with van der Waals surface area (Å²) in [5, 5.41) is 7.87. The summed E-state index contributed by atoms with van der Waals surface area (Å²) in [6.45, 7) is 4.11. The van der Waals surface area contributed by atoms with Gasteiger partial charge in [-0.3, -0.25) is 4.57 Å². The van der Waals surface area contributed by atoms with Crippen molar-refractivity contribution in [1.29, 1.82) is 0 Å². The quantitative estimate of drug-likeness (QED) is 0.721. The van der Waals surface area contributed by atoms with Crippen molar-refractivity contribution in [3.05, 3.63) is 42.0 Å². The first-order valence-corrected chi connectivity index (χ1v) is 4.78. The Kier molecular flexibility index (Phi) is 2.31. The number of aryl methyl sites for hydroxylation is 2. The van der Waals surface area contributed by atoms with Crippen LogP contribution in [0.1, 0.15) is 18.3 Å². The molecule has 14 heavy (non-hydrogen) atoms. The summed E-state index contributed by atoms with van der Waals surface area (Å²) in [4.78, 5) is 0. The van der Waals surface area contributed by atoms with Crippen LogP contribution in [-0.4, -0.2) is 14.8 Å². The van der Waals surface area contributed by atoms with E-state index < -0.39 is 0 Å². The fourth-order valence-electron chi connectivity index (χ4n) is 1.57. The lowest BCUT2D eigenvalue weighted by atomic mass is 10.1. The maximum absolute atomic E-state index is 3.98. The van der Waals surface area contributed by atoms with Crippen molar-refractivity contribution in [1.82, 2.24) is 14.8 Å². The molecule has 0 spiro atoms. The molecular formula is C11H13N3. The van der Waals surface area contributed by atoms with E-state index in [-0.39, 0.29) is 0 Å². The number of aromatic nitrogens is 3. The molecule has 0 unspecified atom stereocenters. The first-order valence-electron chi connectivity index (χ1n) is 4.78. The SMILES string of the molecule is CCc1ccccc1-n1cnnc1C. The van der Waals surface area contributed by atoms with Gasteiger partial charge in [-0.25, -0.2) is 0 Å². The molecule has 0 radical (unpaired) electrons. The zero-order valence-electron chi connectivity index (χ0n) is 8.44. The fraction of sp³-hybridized carbons (Fsp3) is 0.273. The number of para-hydroxylation sites is 1. The van der Waals surface area contributed by atoms with E-state index in [9.17, 15) is 0 Å². The fourth-order valence-corrected chi connectivity index (χ4v) is 1.57. The van der Waals surface area contributed by atoms with E-state index in [0.717, 1.165) is 12.2 Å². The normalized spacial score (nSPS) is 10.4. The first-order chi connectivity index (χ1) is 6.83. The summed E-state index contributed by atoms with van der Waals surface area (Å²) in [5.41, 5.74) is 2.49. The molecule has 0 fully saturated rings. The lowest BCUT2D eigenvalue weighted by Crippen LogP contribution is -1.99. The van der Waals surface area contributed by atoms with Crippen LogP contribution in [0, 0.1) is 6.92 Å². The largest absolute Gasteiger partial charge is 0.286 e. The molecule has 2 aromatic rings. The van der Waals surface area contributed by atoms with Crippen molar-refractivity contribution in [2.24, 2.45) is 0 Å². The average Bonchev–Trinajstić information content (AvgIpc) is 2.64. The Labute approximate surface area is 83.4 Å². The van der Waals surface area contributed by atoms with Crippen molar-refractivity contribution in [2.45, 2.75) is 20.3 Å². The predicted octanol–water partition coefficient (Wildman–Crippen LogP) is 2.14. The van der Waals surface area contributed by atoms with Gasteiger partial charge in [0, 0.05) is 0 Å². The van der Waals surface area contributed by atoms with E-state index in [4.69, 9.17) is 0 Å². The average molecular weight is 187 g/mol. The second-order valence-electron chi connectivity index (χ2n) is 3.23. The van der Waals surface area contributed by atoms with Crippen LogP contribution in [0.2, 0.25) is 0 Å². The van der Waals surface area contributed by atoms with E-state index in [1.807, 2.05) is 17.6 Å². The van der Waals surface area contributed by atoms with Crippen LogP contribution in [0.25, 0.3) is 5.69 Å². The maximum atomic E-state index is 3.98. The van der Waals surface area contributed by atoms with Gasteiger partial charge >= 0.3 is 0 Å². The van der Waals surface area contributed by atoms with Gasteiger partial charge < -0.3 is 0 Å². The summed E-state index contributed by atoms with van der Waals surface area (Å²) < 4.78 is 2.01. The Bertz CT molecular complexity index is 432. The number of nitrogens with zero attached hydrogens (tertiary/aromatic N) is 3. The highest BCUT2D eigenvalue weighted by Gasteiger charge is 2.04. The lowest BCUT2D eigenvalue weighted by Gasteiger charge is -2.08. The monoisotopic (exact) mass is 187 g/mol. The molecule has 72 valence electrons. The molecule has 1 aromatic heterocycles. The topological polar surface area (TPSA) is 30.7 Å². The minimum atomic E-state index is 0.922. The third-order valence-electron chi connectivity index (χ3n) is 2.35. The van der Waals surface area contributed by atoms with Crippen LogP contribution < -0.4 is 0 Å². The van der Waals surface area contributed by atoms with Crippen molar-refractivity contribution in [3.63, 3.8) is 0 Å². The molecule has 0 aliphatic carbocycles. The van der Waals surface area contributed by atoms with Crippen LogP contribution >= 0.6 is 0 Å². The highest BCUT2D eigenvalue weighted by atomic mass is 15.3. The Balaban J connectivity index is 2.56. The van der Waals surface area contributed by atoms with Crippen molar-refractivity contribution in [3.8, 4) is 5.69 Å². The molecule has 0 saturated heterocycles. The van der Waals surface area contributed by atoms with E-state index in [2.05, 4.69) is 35.3 Å². The summed E-state index contributed by atoms with van der Waals surface area (Å²) in [7, 11) is 0. The Hall–Kier alpha value is -1.64. The number of benzene rings is 1. The van der Waals surface area contributed by atoms with Crippen LogP contribution in [-0.2, 0) is 6.42 Å². The smallest absolute Gasteiger partial charge is 0.134 e. The molecule has 1 aromatic carbocycles. The molecule has 0 N–H and O–H groups in total. The minimum absolute atomic E-state index is 0.922. The number of hydrogen-bond acceptors (Lipinski definition) is 2. The van der Waals surface area contributed by atoms with Crippen molar-refractivity contribution in [2.75, 3.05) is 0 Å². The first kappa shape index (κ1) is 8.94. The summed E-state index contributed by atoms with van der Waals surface area (Å²) in [6, 6.07) is 8.32. The Morgan fingerprint density at radius 3 is 2.71 bits per heavy atom. The summed E-state index contributed by atoms with van der Waals surface area (Å²) in [5.74, 6) is 0.922. The van der Waals surface area contributed by atoms with Gasteiger partial charge in [-0.2, -0.15) is 0 Å². The van der Waals surface area contributed by atoms with Gasteiger partial charge in [0.1, 0.15) is 12.2 Å². The molecule has 3 heteroatoms. The van der Waals surface area contributed by atoms with E-state index in [0.29, 0.717) is 0 Å². The summed E-state index contributed by atoms with van der Waals surface area (Å²) >= 11 is 0. The number of hydrogen-bond donors (Lipinski definition) is 0. The van der Waals surface area contributed by atoms with Crippen LogP contribution in [0.5, 0.6) is 0 Å². The van der Waals surface area contributed by atoms with Gasteiger partial charge in [-0.15, -0.1) is 10.2 Å². The number of rotatable bonds is 2. The van der Waals surface area contributed by atoms with Gasteiger partial charge in [0.25, 0.3) is 0 Å². The van der Waals surface area contributed by atoms with Gasteiger partial charge in [-0.05, 0) is 25.0 Å². The third kappa shape index (κ3) is 1.41. The molecule has 3 nitrogen and oxygen atoms in total. The van der Waals surface area contributed by atoms with Crippen LogP contribution in [0.15, 0.2) is 30.6 Å². The standard InChI is InChI=1S/C11H13N3/c1-3-10-6-4-5-7-11(10)14-8-12-13-9(14)2/h4-8H,3H2,1-2H3. The van der Waals surface area contributed by atoms with Gasteiger partial charge in [0.2, 0.25) is 0 Å². The minimum Gasteiger partial charge on any atom is -0.286 e. The van der Waals surface area contributed by atoms with Crippen molar-refractivity contribution >= 4 is 0 Å². The zero-order chi connectivity index (χ0) is 9.97. The molecule has 0 saturated carbocycles. The van der Waals surface area contributed by atoms with Gasteiger partial charge in [0.05, 0.1) is 5.69 Å². The Morgan fingerprint density at radius 2 is 2.07 bits per heavy atom. The molecule has 0 aliphatic heterocycles. The second kappa shape index (κ2) is 3.62. The molecule has 0 aliphatic rings. The van der Waals surface area contributed by atoms with E-state index >= 15 is 0 Å². The molecule has 0 bridgehead atoms. The molecule has 0 amide bonds. The third-order valence-corrected chi connectivity index (χ3v) is 2.35. The second-order valence-corrected chi connectivity index (χ2v) is 3.23. The van der Waals surface area contributed by atoms with Gasteiger partial charge in [-0.1, -0.05) is 25.1 Å². The lowest BCUT2D eigenvalue weighted by molar-refractivity contribution is 0.945. The molecule has 0 atom stereocenters. The molecular weight excluding hydrogens is 174 g/mol. The highest BCUT2D eigenvalue weighted by Crippen LogP contribution is 2.15. The van der Waals surface area contributed by atoms with E-state index in [1.54, 1.807) is 6.33 Å². The molecule has 1 heterocycles. The zero-order valence-corrected chi connectivity index (χ0v) is 8.44. The Morgan fingerprint density at radius 1 is 1.29 bits per heavy atom.